The lowest BCUT2D eigenvalue weighted by Crippen LogP contribution is -2.48. The van der Waals surface area contributed by atoms with E-state index < -0.39 is 28.4 Å². The molecule has 0 aromatic rings. The van der Waals surface area contributed by atoms with Crippen LogP contribution >= 0.6 is 0 Å². The maximum atomic E-state index is 12.5. The molecule has 114 valence electrons. The zero-order chi connectivity index (χ0) is 14.9. The summed E-state index contributed by atoms with van der Waals surface area (Å²) in [5.41, 5.74) is 0. The molecule has 0 aromatic heterocycles. The molecule has 7 nitrogen and oxygen atoms in total. The molecule has 8 heteroatoms. The van der Waals surface area contributed by atoms with Gasteiger partial charge in [0.1, 0.15) is 6.54 Å². The third kappa shape index (κ3) is 3.29. The van der Waals surface area contributed by atoms with Gasteiger partial charge in [-0.05, 0) is 18.9 Å². The van der Waals surface area contributed by atoms with Crippen molar-refractivity contribution >= 4 is 21.7 Å². The Labute approximate surface area is 118 Å². The van der Waals surface area contributed by atoms with Crippen LogP contribution in [0.1, 0.15) is 13.3 Å². The van der Waals surface area contributed by atoms with Crippen LogP contribution in [0.15, 0.2) is 0 Å². The molecule has 2 aliphatic heterocycles. The quantitative estimate of drug-likeness (QED) is 0.686. The van der Waals surface area contributed by atoms with Crippen LogP contribution in [0.25, 0.3) is 0 Å². The predicted molar refractivity (Wildman–Crippen MR) is 71.9 cm³/mol. The summed E-state index contributed by atoms with van der Waals surface area (Å²) >= 11 is 0. The van der Waals surface area contributed by atoms with Gasteiger partial charge in [0.25, 0.3) is 0 Å². The summed E-state index contributed by atoms with van der Waals surface area (Å²) in [6, 6.07) is -0.503. The molecule has 2 fully saturated rings. The summed E-state index contributed by atoms with van der Waals surface area (Å²) < 4.78 is 23.1. The molecule has 3 unspecified atom stereocenters. The normalized spacial score (nSPS) is 32.1. The summed E-state index contributed by atoms with van der Waals surface area (Å²) in [6.07, 6.45) is 0.329. The third-order valence-corrected chi connectivity index (χ3v) is 5.82. The van der Waals surface area contributed by atoms with Gasteiger partial charge >= 0.3 is 5.97 Å². The van der Waals surface area contributed by atoms with Crippen LogP contribution in [0.5, 0.6) is 0 Å². The number of nitrogens with one attached hydrogen (secondary N) is 1. The fraction of sp³-hybridized carbons (Fsp3) is 0.833. The number of rotatable bonds is 4. The first-order valence-corrected chi connectivity index (χ1v) is 8.55. The number of carboxylic acid groups (broad SMARTS) is 1. The standard InChI is InChI=1S/C12H20N2O5S/c1-8-4-13-5-10(8)12(17)14(6-11(15)16)9-2-3-20(18,19)7-9/h8-10,13H,2-7H2,1H3,(H,15,16). The average molecular weight is 304 g/mol. The minimum absolute atomic E-state index is 0.0273. The van der Waals surface area contributed by atoms with Crippen LogP contribution in [0.4, 0.5) is 0 Å². The number of sulfone groups is 1. The minimum atomic E-state index is -3.15. The van der Waals surface area contributed by atoms with Gasteiger partial charge < -0.3 is 15.3 Å². The van der Waals surface area contributed by atoms with Gasteiger partial charge in [0.2, 0.25) is 5.91 Å². The lowest BCUT2D eigenvalue weighted by Gasteiger charge is -2.30. The van der Waals surface area contributed by atoms with Crippen molar-refractivity contribution in [3.8, 4) is 0 Å². The largest absolute Gasteiger partial charge is 0.480 e. The summed E-state index contributed by atoms with van der Waals surface area (Å²) in [5.74, 6) is -1.58. The second kappa shape index (κ2) is 5.69. The molecule has 2 N–H and O–H groups in total. The molecule has 2 heterocycles. The molecule has 2 saturated heterocycles. The Balaban J connectivity index is 2.15. The number of amides is 1. The molecule has 0 saturated carbocycles. The van der Waals surface area contributed by atoms with Crippen LogP contribution < -0.4 is 5.32 Å². The average Bonchev–Trinajstić information content (AvgIpc) is 2.91. The van der Waals surface area contributed by atoms with Gasteiger partial charge in [-0.15, -0.1) is 0 Å². The van der Waals surface area contributed by atoms with Crippen molar-refractivity contribution < 1.29 is 23.1 Å². The molecule has 0 bridgehead atoms. The molecule has 1 amide bonds. The van der Waals surface area contributed by atoms with Crippen LogP contribution in [0.3, 0.4) is 0 Å². The Morgan fingerprint density at radius 3 is 2.50 bits per heavy atom. The second-order valence-electron chi connectivity index (χ2n) is 5.66. The summed E-state index contributed by atoms with van der Waals surface area (Å²) in [7, 11) is -3.15. The number of nitrogens with zero attached hydrogens (tertiary/aromatic N) is 1. The molecule has 0 aliphatic carbocycles. The predicted octanol–water partition coefficient (Wildman–Crippen LogP) is -1.06. The number of aliphatic carboxylic acids is 1. The zero-order valence-corrected chi connectivity index (χ0v) is 12.2. The van der Waals surface area contributed by atoms with Crippen LogP contribution in [-0.2, 0) is 19.4 Å². The van der Waals surface area contributed by atoms with Gasteiger partial charge in [-0.25, -0.2) is 8.42 Å². The number of carboxylic acids is 1. The van der Waals surface area contributed by atoms with Crippen molar-refractivity contribution in [1.82, 2.24) is 10.2 Å². The lowest BCUT2D eigenvalue weighted by molar-refractivity contribution is -0.148. The van der Waals surface area contributed by atoms with Gasteiger partial charge in [-0.2, -0.15) is 0 Å². The van der Waals surface area contributed by atoms with Crippen molar-refractivity contribution in [3.63, 3.8) is 0 Å². The smallest absolute Gasteiger partial charge is 0.323 e. The van der Waals surface area contributed by atoms with Crippen molar-refractivity contribution in [3.05, 3.63) is 0 Å². The summed E-state index contributed by atoms with van der Waals surface area (Å²) in [5, 5.41) is 12.1. The Morgan fingerprint density at radius 2 is 2.05 bits per heavy atom. The molecular formula is C12H20N2O5S. The van der Waals surface area contributed by atoms with Crippen molar-refractivity contribution in [1.29, 1.82) is 0 Å². The molecule has 0 spiro atoms. The molecule has 2 rings (SSSR count). The number of hydrogen-bond donors (Lipinski definition) is 2. The fourth-order valence-corrected chi connectivity index (χ4v) is 4.64. The summed E-state index contributed by atoms with van der Waals surface area (Å²) in [4.78, 5) is 24.7. The van der Waals surface area contributed by atoms with Gasteiger partial charge in [-0.1, -0.05) is 6.92 Å². The van der Waals surface area contributed by atoms with E-state index in [1.165, 1.54) is 4.90 Å². The Morgan fingerprint density at radius 1 is 1.35 bits per heavy atom. The molecule has 0 radical (unpaired) electrons. The van der Waals surface area contributed by atoms with Crippen LogP contribution in [0.2, 0.25) is 0 Å². The van der Waals surface area contributed by atoms with Crippen LogP contribution in [0, 0.1) is 11.8 Å². The second-order valence-corrected chi connectivity index (χ2v) is 7.89. The Kier molecular flexibility index (Phi) is 4.33. The Bertz CT molecular complexity index is 504. The van der Waals surface area contributed by atoms with E-state index in [1.54, 1.807) is 0 Å². The monoisotopic (exact) mass is 304 g/mol. The maximum absolute atomic E-state index is 12.5. The molecule has 3 atom stereocenters. The van der Waals surface area contributed by atoms with Gasteiger partial charge in [0, 0.05) is 12.6 Å². The molecule has 20 heavy (non-hydrogen) atoms. The first kappa shape index (κ1) is 15.2. The highest BCUT2D eigenvalue weighted by Gasteiger charge is 2.40. The molecule has 2 aliphatic rings. The highest BCUT2D eigenvalue weighted by atomic mass is 32.2. The third-order valence-electron chi connectivity index (χ3n) is 4.07. The van der Waals surface area contributed by atoms with E-state index in [0.29, 0.717) is 13.0 Å². The van der Waals surface area contributed by atoms with Gasteiger partial charge in [-0.3, -0.25) is 9.59 Å². The van der Waals surface area contributed by atoms with E-state index in [0.717, 1.165) is 6.54 Å². The SMILES string of the molecule is CC1CNCC1C(=O)N(CC(=O)O)C1CCS(=O)(=O)C1. The highest BCUT2D eigenvalue weighted by molar-refractivity contribution is 7.91. The Hall–Kier alpha value is -1.15. The van der Waals surface area contributed by atoms with Crippen molar-refractivity contribution in [2.24, 2.45) is 11.8 Å². The molecule has 0 aromatic carbocycles. The van der Waals surface area contributed by atoms with Crippen LogP contribution in [-0.4, -0.2) is 67.5 Å². The van der Waals surface area contributed by atoms with Crippen molar-refractivity contribution in [2.45, 2.75) is 19.4 Å². The zero-order valence-electron chi connectivity index (χ0n) is 11.4. The molecular weight excluding hydrogens is 284 g/mol. The number of hydrogen-bond acceptors (Lipinski definition) is 5. The van der Waals surface area contributed by atoms with E-state index in [9.17, 15) is 18.0 Å². The first-order chi connectivity index (χ1) is 9.30. The maximum Gasteiger partial charge on any atom is 0.323 e. The topological polar surface area (TPSA) is 104 Å². The first-order valence-electron chi connectivity index (χ1n) is 6.73. The lowest BCUT2D eigenvalue weighted by atomic mass is 9.96. The van der Waals surface area contributed by atoms with Crippen molar-refractivity contribution in [2.75, 3.05) is 31.1 Å². The van der Waals surface area contributed by atoms with E-state index in [4.69, 9.17) is 5.11 Å². The number of carbonyl (C=O) groups excluding carboxylic acids is 1. The highest BCUT2D eigenvalue weighted by Crippen LogP contribution is 2.24. The summed E-state index contributed by atoms with van der Waals surface area (Å²) in [6.45, 7) is 2.75. The fourth-order valence-electron chi connectivity index (χ4n) is 2.91. The van der Waals surface area contributed by atoms with E-state index >= 15 is 0 Å². The van der Waals surface area contributed by atoms with E-state index in [-0.39, 0.29) is 29.2 Å². The van der Waals surface area contributed by atoms with Gasteiger partial charge in [0.15, 0.2) is 9.84 Å². The van der Waals surface area contributed by atoms with E-state index in [2.05, 4.69) is 5.32 Å². The van der Waals surface area contributed by atoms with Gasteiger partial charge in [0.05, 0.1) is 17.4 Å². The van der Waals surface area contributed by atoms with E-state index in [1.807, 2.05) is 6.92 Å². The minimum Gasteiger partial charge on any atom is -0.480 e. The number of carbonyl (C=O) groups is 2.